The molecule has 6 heteroatoms. The Morgan fingerprint density at radius 3 is 2.37 bits per heavy atom. The first-order valence-corrected chi connectivity index (χ1v) is 11.2. The van der Waals surface area contributed by atoms with Gasteiger partial charge in [-0.15, -0.1) is 0 Å². The van der Waals surface area contributed by atoms with Gasteiger partial charge in [-0.05, 0) is 56.0 Å². The molecule has 2 aliphatic rings. The van der Waals surface area contributed by atoms with Crippen molar-refractivity contribution < 1.29 is 4.39 Å². The molecule has 30 heavy (non-hydrogen) atoms. The summed E-state index contributed by atoms with van der Waals surface area (Å²) < 4.78 is 15.8. The normalized spacial score (nSPS) is 18.0. The van der Waals surface area contributed by atoms with E-state index in [1.54, 1.807) is 12.1 Å². The van der Waals surface area contributed by atoms with Crippen molar-refractivity contribution >= 4 is 5.95 Å². The summed E-state index contributed by atoms with van der Waals surface area (Å²) in [7, 11) is 0. The van der Waals surface area contributed by atoms with Crippen LogP contribution < -0.4 is 5.32 Å². The summed E-state index contributed by atoms with van der Waals surface area (Å²) in [6.07, 6.45) is 14.7. The van der Waals surface area contributed by atoms with Gasteiger partial charge in [-0.25, -0.2) is 19.3 Å². The lowest BCUT2D eigenvalue weighted by atomic mass is 9.95. The lowest BCUT2D eigenvalue weighted by molar-refractivity contribution is 0.355. The van der Waals surface area contributed by atoms with Crippen molar-refractivity contribution in [2.24, 2.45) is 0 Å². The van der Waals surface area contributed by atoms with E-state index < -0.39 is 0 Å². The van der Waals surface area contributed by atoms with E-state index >= 15 is 0 Å². The topological polar surface area (TPSA) is 55.6 Å². The molecule has 0 spiro atoms. The number of benzene rings is 1. The number of nitrogens with zero attached hydrogens (tertiary/aromatic N) is 4. The first-order valence-electron chi connectivity index (χ1n) is 11.2. The molecule has 1 aromatic carbocycles. The molecule has 5 nitrogen and oxygen atoms in total. The van der Waals surface area contributed by atoms with Crippen LogP contribution >= 0.6 is 0 Å². The van der Waals surface area contributed by atoms with Crippen LogP contribution in [-0.4, -0.2) is 25.6 Å². The number of anilines is 1. The van der Waals surface area contributed by atoms with E-state index in [0.29, 0.717) is 18.0 Å². The van der Waals surface area contributed by atoms with Crippen LogP contribution in [0.3, 0.4) is 0 Å². The van der Waals surface area contributed by atoms with Crippen LogP contribution in [0.1, 0.15) is 63.8 Å². The fourth-order valence-electron chi connectivity index (χ4n) is 4.88. The molecular weight excluding hydrogens is 377 g/mol. The number of halogens is 1. The van der Waals surface area contributed by atoms with Gasteiger partial charge in [0.25, 0.3) is 0 Å². The molecular formula is C24H28FN5. The van der Waals surface area contributed by atoms with Crippen molar-refractivity contribution in [1.29, 1.82) is 0 Å². The van der Waals surface area contributed by atoms with Gasteiger partial charge >= 0.3 is 0 Å². The minimum absolute atomic E-state index is 0.239. The Morgan fingerprint density at radius 2 is 1.60 bits per heavy atom. The molecule has 1 N–H and O–H groups in total. The highest BCUT2D eigenvalue weighted by atomic mass is 19.1. The van der Waals surface area contributed by atoms with Crippen LogP contribution in [0, 0.1) is 5.82 Å². The Morgan fingerprint density at radius 1 is 0.867 bits per heavy atom. The van der Waals surface area contributed by atoms with Crippen LogP contribution in [0.4, 0.5) is 10.3 Å². The molecule has 0 atom stereocenters. The molecule has 2 aromatic heterocycles. The van der Waals surface area contributed by atoms with Gasteiger partial charge < -0.3 is 9.88 Å². The van der Waals surface area contributed by atoms with Gasteiger partial charge in [-0.1, -0.05) is 32.1 Å². The van der Waals surface area contributed by atoms with E-state index in [-0.39, 0.29) is 5.82 Å². The number of imidazole rings is 1. The average molecular weight is 406 g/mol. The molecule has 156 valence electrons. The third-order valence-electron chi connectivity index (χ3n) is 6.47. The highest BCUT2D eigenvalue weighted by molar-refractivity contribution is 5.77. The Labute approximate surface area is 176 Å². The Hall–Kier alpha value is -2.76. The zero-order valence-electron chi connectivity index (χ0n) is 17.2. The van der Waals surface area contributed by atoms with E-state index in [1.807, 2.05) is 18.6 Å². The monoisotopic (exact) mass is 405 g/mol. The van der Waals surface area contributed by atoms with E-state index in [0.717, 1.165) is 35.5 Å². The summed E-state index contributed by atoms with van der Waals surface area (Å²) in [6, 6.07) is 9.42. The van der Waals surface area contributed by atoms with Gasteiger partial charge in [0.2, 0.25) is 5.95 Å². The number of nitrogens with one attached hydrogen (secondary N) is 1. The summed E-state index contributed by atoms with van der Waals surface area (Å²) >= 11 is 0. The summed E-state index contributed by atoms with van der Waals surface area (Å²) in [5, 5.41) is 3.51. The standard InChI is InChI=1S/C24H28FN5/c25-18-12-10-17(11-13-18)22-23(30(16-27-22)20-8-2-1-3-9-20)21-14-15-26-24(29-21)28-19-6-4-5-7-19/h10-16,19-20H,1-9H2,(H,26,28,29). The van der Waals surface area contributed by atoms with Gasteiger partial charge in [0.1, 0.15) is 5.82 Å². The molecule has 0 amide bonds. The molecule has 5 rings (SSSR count). The van der Waals surface area contributed by atoms with E-state index in [4.69, 9.17) is 9.97 Å². The molecule has 0 saturated heterocycles. The second-order valence-corrected chi connectivity index (χ2v) is 8.54. The largest absolute Gasteiger partial charge is 0.351 e. The second-order valence-electron chi connectivity index (χ2n) is 8.54. The quantitative estimate of drug-likeness (QED) is 0.565. The van der Waals surface area contributed by atoms with Crippen molar-refractivity contribution in [1.82, 2.24) is 19.5 Å². The summed E-state index contributed by atoms with van der Waals surface area (Å²) in [5.41, 5.74) is 3.63. The van der Waals surface area contributed by atoms with E-state index in [2.05, 4.69) is 14.9 Å². The maximum atomic E-state index is 13.5. The maximum absolute atomic E-state index is 13.5. The fourth-order valence-corrected chi connectivity index (χ4v) is 4.88. The van der Waals surface area contributed by atoms with Crippen LogP contribution in [0.5, 0.6) is 0 Å². The number of aromatic nitrogens is 4. The summed E-state index contributed by atoms with van der Waals surface area (Å²) in [5.74, 6) is 0.443. The average Bonchev–Trinajstić information content (AvgIpc) is 3.45. The fraction of sp³-hybridized carbons (Fsp3) is 0.458. The zero-order chi connectivity index (χ0) is 20.3. The van der Waals surface area contributed by atoms with Gasteiger partial charge in [-0.2, -0.15) is 0 Å². The van der Waals surface area contributed by atoms with Crippen LogP contribution in [-0.2, 0) is 0 Å². The predicted octanol–water partition coefficient (Wildman–Crippen LogP) is 6.01. The highest BCUT2D eigenvalue weighted by Crippen LogP contribution is 2.37. The minimum atomic E-state index is -0.239. The number of rotatable bonds is 5. The maximum Gasteiger partial charge on any atom is 0.223 e. The molecule has 2 fully saturated rings. The van der Waals surface area contributed by atoms with Crippen LogP contribution in [0.15, 0.2) is 42.9 Å². The van der Waals surface area contributed by atoms with Crippen molar-refractivity contribution in [3.8, 4) is 22.6 Å². The van der Waals surface area contributed by atoms with Gasteiger partial charge in [0, 0.05) is 23.8 Å². The lowest BCUT2D eigenvalue weighted by Gasteiger charge is -2.25. The molecule has 0 radical (unpaired) electrons. The minimum Gasteiger partial charge on any atom is -0.351 e. The molecule has 2 heterocycles. The third-order valence-corrected chi connectivity index (χ3v) is 6.47. The molecule has 3 aromatic rings. The second kappa shape index (κ2) is 8.54. The zero-order valence-corrected chi connectivity index (χ0v) is 17.2. The van der Waals surface area contributed by atoms with E-state index in [9.17, 15) is 4.39 Å². The van der Waals surface area contributed by atoms with Crippen LogP contribution in [0.25, 0.3) is 22.6 Å². The lowest BCUT2D eigenvalue weighted by Crippen LogP contribution is -2.17. The van der Waals surface area contributed by atoms with Gasteiger partial charge in [0.15, 0.2) is 0 Å². The molecule has 0 aliphatic heterocycles. The Kier molecular flexibility index (Phi) is 5.47. The smallest absolute Gasteiger partial charge is 0.223 e. The van der Waals surface area contributed by atoms with Crippen molar-refractivity contribution in [2.75, 3.05) is 5.32 Å². The number of hydrogen-bond donors (Lipinski definition) is 1. The van der Waals surface area contributed by atoms with Crippen molar-refractivity contribution in [2.45, 2.75) is 69.9 Å². The first-order chi connectivity index (χ1) is 14.8. The van der Waals surface area contributed by atoms with E-state index in [1.165, 1.54) is 57.1 Å². The third kappa shape index (κ3) is 3.95. The molecule has 2 saturated carbocycles. The van der Waals surface area contributed by atoms with Crippen LogP contribution in [0.2, 0.25) is 0 Å². The van der Waals surface area contributed by atoms with Crippen molar-refractivity contribution in [3.63, 3.8) is 0 Å². The molecule has 0 bridgehead atoms. The molecule has 0 unspecified atom stereocenters. The van der Waals surface area contributed by atoms with Gasteiger partial charge in [0.05, 0.1) is 23.4 Å². The summed E-state index contributed by atoms with van der Waals surface area (Å²) in [4.78, 5) is 14.1. The SMILES string of the molecule is Fc1ccc(-c2ncn(C3CCCCC3)c2-c2ccnc(NC3CCCC3)n2)cc1. The highest BCUT2D eigenvalue weighted by Gasteiger charge is 2.24. The Bertz CT molecular complexity index is 985. The van der Waals surface area contributed by atoms with Crippen molar-refractivity contribution in [3.05, 3.63) is 48.7 Å². The predicted molar refractivity (Wildman–Crippen MR) is 117 cm³/mol. The summed E-state index contributed by atoms with van der Waals surface area (Å²) in [6.45, 7) is 0. The first kappa shape index (κ1) is 19.2. The van der Waals surface area contributed by atoms with Gasteiger partial charge in [-0.3, -0.25) is 0 Å². The Balaban J connectivity index is 1.56. The number of hydrogen-bond acceptors (Lipinski definition) is 4. The molecule has 2 aliphatic carbocycles.